The van der Waals surface area contributed by atoms with Crippen LogP contribution in [0.5, 0.6) is 5.75 Å². The molecule has 1 aromatic carbocycles. The van der Waals surface area contributed by atoms with Crippen molar-refractivity contribution in [2.24, 2.45) is 5.92 Å². The molecule has 2 heterocycles. The molecule has 0 fully saturated rings. The number of nitrogens with zero attached hydrogens (tertiary/aromatic N) is 3. The maximum Gasteiger partial charge on any atom is 0.406 e. The molecule has 1 aromatic heterocycles. The van der Waals surface area contributed by atoms with Crippen LogP contribution in [0, 0.1) is 16.0 Å². The maximum absolute atomic E-state index is 13.0. The van der Waals surface area contributed by atoms with E-state index < -0.39 is 11.0 Å². The summed E-state index contributed by atoms with van der Waals surface area (Å²) in [7, 11) is 0. The molecule has 0 radical (unpaired) electrons. The second-order valence-corrected chi connectivity index (χ2v) is 6.64. The molecule has 136 valence electrons. The Bertz CT molecular complexity index is 822. The number of hydrogen-bond donors (Lipinski definition) is 0. The molecule has 1 atom stereocenters. The summed E-state index contributed by atoms with van der Waals surface area (Å²) in [4.78, 5) is 29.1. The van der Waals surface area contributed by atoms with Crippen molar-refractivity contribution in [3.8, 4) is 5.75 Å². The first-order valence-corrected chi connectivity index (χ1v) is 8.59. The van der Waals surface area contributed by atoms with Gasteiger partial charge in [-0.2, -0.15) is 0 Å². The van der Waals surface area contributed by atoms with Crippen molar-refractivity contribution in [2.45, 2.75) is 32.9 Å². The summed E-state index contributed by atoms with van der Waals surface area (Å²) in [6.07, 6.45) is 1.32. The minimum atomic E-state index is -0.803. The van der Waals surface area contributed by atoms with Crippen molar-refractivity contribution in [1.82, 2.24) is 9.88 Å². The van der Waals surface area contributed by atoms with Crippen molar-refractivity contribution in [1.29, 1.82) is 0 Å². The zero-order valence-electron chi connectivity index (χ0n) is 14.8. The summed E-state index contributed by atoms with van der Waals surface area (Å²) in [5.74, 6) is -0.663. The number of benzene rings is 1. The number of amides is 1. The number of rotatable bonds is 5. The molecule has 0 aliphatic carbocycles. The minimum Gasteiger partial charge on any atom is -0.472 e. The van der Waals surface area contributed by atoms with E-state index in [1.54, 1.807) is 11.0 Å². The molecule has 0 saturated carbocycles. The van der Waals surface area contributed by atoms with Crippen molar-refractivity contribution >= 4 is 11.7 Å². The minimum absolute atomic E-state index is 0.0157. The lowest BCUT2D eigenvalue weighted by atomic mass is 9.98. The van der Waals surface area contributed by atoms with Crippen molar-refractivity contribution in [2.75, 3.05) is 6.54 Å². The third kappa shape index (κ3) is 3.66. The van der Waals surface area contributed by atoms with Crippen LogP contribution in [0.3, 0.4) is 0 Å². The Labute approximate surface area is 151 Å². The Morgan fingerprint density at radius 1 is 1.23 bits per heavy atom. The number of nitro groups is 1. The maximum atomic E-state index is 13.0. The van der Waals surface area contributed by atoms with Crippen LogP contribution in [0.15, 0.2) is 42.6 Å². The summed E-state index contributed by atoms with van der Waals surface area (Å²) in [5.41, 5.74) is 2.38. The van der Waals surface area contributed by atoms with E-state index in [2.05, 4.69) is 11.1 Å². The van der Waals surface area contributed by atoms with Gasteiger partial charge in [0.15, 0.2) is 6.10 Å². The van der Waals surface area contributed by atoms with Crippen LogP contribution in [-0.2, 0) is 17.8 Å². The number of ether oxygens (including phenoxy) is 1. The first-order valence-electron chi connectivity index (χ1n) is 8.59. The van der Waals surface area contributed by atoms with Gasteiger partial charge in [-0.25, -0.2) is 0 Å². The van der Waals surface area contributed by atoms with Gasteiger partial charge in [0.1, 0.15) is 6.20 Å². The number of carbonyl (C=O) groups is 1. The van der Waals surface area contributed by atoms with Gasteiger partial charge in [-0.1, -0.05) is 38.1 Å². The fourth-order valence-corrected chi connectivity index (χ4v) is 3.08. The van der Waals surface area contributed by atoms with Crippen LogP contribution in [-0.4, -0.2) is 33.4 Å². The van der Waals surface area contributed by atoms with Crippen LogP contribution >= 0.6 is 0 Å². The first kappa shape index (κ1) is 17.8. The molecule has 0 unspecified atom stereocenters. The fourth-order valence-electron chi connectivity index (χ4n) is 3.08. The molecule has 0 saturated heterocycles. The molecule has 1 aliphatic rings. The van der Waals surface area contributed by atoms with Crippen molar-refractivity contribution in [3.63, 3.8) is 0 Å². The quantitative estimate of drug-likeness (QED) is 0.608. The van der Waals surface area contributed by atoms with Gasteiger partial charge in [0.25, 0.3) is 5.91 Å². The highest BCUT2D eigenvalue weighted by atomic mass is 16.6. The highest BCUT2D eigenvalue weighted by Gasteiger charge is 2.32. The summed E-state index contributed by atoms with van der Waals surface area (Å²) in [6.45, 7) is 4.86. The van der Waals surface area contributed by atoms with Crippen LogP contribution in [0.2, 0.25) is 0 Å². The van der Waals surface area contributed by atoms with Crippen molar-refractivity contribution < 1.29 is 14.5 Å². The van der Waals surface area contributed by atoms with E-state index in [-0.39, 0.29) is 23.4 Å². The van der Waals surface area contributed by atoms with Gasteiger partial charge in [-0.15, -0.1) is 0 Å². The molecular weight excluding hydrogens is 334 g/mol. The van der Waals surface area contributed by atoms with Gasteiger partial charge < -0.3 is 19.8 Å². The van der Waals surface area contributed by atoms with Crippen LogP contribution in [0.4, 0.5) is 5.82 Å². The van der Waals surface area contributed by atoms with Gasteiger partial charge in [0.2, 0.25) is 5.75 Å². The molecule has 26 heavy (non-hydrogen) atoms. The topological polar surface area (TPSA) is 85.6 Å². The second-order valence-electron chi connectivity index (χ2n) is 6.64. The number of aromatic nitrogens is 1. The van der Waals surface area contributed by atoms with E-state index in [0.717, 1.165) is 12.0 Å². The highest BCUT2D eigenvalue weighted by molar-refractivity contribution is 5.82. The van der Waals surface area contributed by atoms with Gasteiger partial charge in [0, 0.05) is 13.1 Å². The molecule has 1 amide bonds. The molecule has 3 rings (SSSR count). The summed E-state index contributed by atoms with van der Waals surface area (Å²) < 4.78 is 5.78. The Kier molecular flexibility index (Phi) is 5.16. The second kappa shape index (κ2) is 7.51. The van der Waals surface area contributed by atoms with Crippen molar-refractivity contribution in [3.05, 3.63) is 63.8 Å². The summed E-state index contributed by atoms with van der Waals surface area (Å²) >= 11 is 0. The zero-order valence-corrected chi connectivity index (χ0v) is 14.8. The van der Waals surface area contributed by atoms with E-state index in [1.165, 1.54) is 17.8 Å². The third-order valence-corrected chi connectivity index (χ3v) is 4.47. The normalized spacial score (nSPS) is 14.7. The fraction of sp³-hybridized carbons (Fsp3) is 0.368. The molecule has 0 N–H and O–H groups in total. The van der Waals surface area contributed by atoms with Crippen LogP contribution < -0.4 is 4.74 Å². The van der Waals surface area contributed by atoms with E-state index >= 15 is 0 Å². The molecule has 7 heteroatoms. The molecule has 7 nitrogen and oxygen atoms in total. The van der Waals surface area contributed by atoms with E-state index in [0.29, 0.717) is 13.1 Å². The largest absolute Gasteiger partial charge is 0.472 e. The number of fused-ring (bicyclic) bond motifs is 1. The Hall–Kier alpha value is -2.96. The molecule has 0 bridgehead atoms. The first-order chi connectivity index (χ1) is 12.5. The lowest BCUT2D eigenvalue weighted by Gasteiger charge is -2.33. The van der Waals surface area contributed by atoms with E-state index in [1.807, 2.05) is 32.0 Å². The lowest BCUT2D eigenvalue weighted by Crippen LogP contribution is -2.46. The molecule has 2 aromatic rings. The van der Waals surface area contributed by atoms with Gasteiger partial charge in [-0.3, -0.25) is 4.79 Å². The van der Waals surface area contributed by atoms with Crippen LogP contribution in [0.25, 0.3) is 0 Å². The molecule has 0 spiro atoms. The number of pyridine rings is 1. The average Bonchev–Trinajstić information content (AvgIpc) is 2.65. The van der Waals surface area contributed by atoms with E-state index in [9.17, 15) is 14.9 Å². The van der Waals surface area contributed by atoms with E-state index in [4.69, 9.17) is 4.74 Å². The predicted molar refractivity (Wildman–Crippen MR) is 95.7 cm³/mol. The predicted octanol–water partition coefficient (Wildman–Crippen LogP) is 2.98. The number of hydrogen-bond acceptors (Lipinski definition) is 5. The smallest absolute Gasteiger partial charge is 0.406 e. The molecular formula is C19H21N3O4. The summed E-state index contributed by atoms with van der Waals surface area (Å²) in [5, 5.41) is 11.1. The third-order valence-electron chi connectivity index (χ3n) is 4.47. The van der Waals surface area contributed by atoms with Crippen LogP contribution in [0.1, 0.15) is 25.0 Å². The Morgan fingerprint density at radius 2 is 1.96 bits per heavy atom. The zero-order chi connectivity index (χ0) is 18.7. The highest BCUT2D eigenvalue weighted by Crippen LogP contribution is 2.27. The monoisotopic (exact) mass is 355 g/mol. The number of carbonyl (C=O) groups excluding carboxylic acids is 1. The average molecular weight is 355 g/mol. The molecule has 1 aliphatic heterocycles. The van der Waals surface area contributed by atoms with Gasteiger partial charge in [0.05, 0.1) is 0 Å². The standard InChI is InChI=1S/C19H21N3O4/c1-13(2)17(26-16-8-5-10-20-18(16)22(24)25)19(23)21-11-9-14-6-3-4-7-15(14)12-21/h3-8,10,13,17H,9,11-12H2,1-2H3/t17-/m0/s1. The SMILES string of the molecule is CC(C)[C@H](Oc1cccnc1[N+](=O)[O-])C(=O)N1CCc2ccccc2C1. The lowest BCUT2D eigenvalue weighted by molar-refractivity contribution is -0.390. The Morgan fingerprint density at radius 3 is 2.65 bits per heavy atom. The Balaban J connectivity index is 1.81. The summed E-state index contributed by atoms with van der Waals surface area (Å²) in [6, 6.07) is 11.1. The van der Waals surface area contributed by atoms with Gasteiger partial charge in [-0.05, 0) is 45.5 Å². The van der Waals surface area contributed by atoms with Gasteiger partial charge >= 0.3 is 5.82 Å².